The molecule has 0 radical (unpaired) electrons. The maximum absolute atomic E-state index is 10.1. The van der Waals surface area contributed by atoms with Crippen LogP contribution in [0.15, 0.2) is 17.1 Å². The number of aliphatic imine (C=N–C) groups is 1. The first kappa shape index (κ1) is 13.2. The van der Waals surface area contributed by atoms with E-state index in [1.807, 2.05) is 6.07 Å². The molecule has 5 nitrogen and oxygen atoms in total. The second kappa shape index (κ2) is 6.68. The number of methoxy groups -OCH3 is 3. The van der Waals surface area contributed by atoms with E-state index in [2.05, 4.69) is 4.99 Å². The van der Waals surface area contributed by atoms with Gasteiger partial charge in [-0.15, -0.1) is 0 Å². The fraction of sp³-hybridized carbons (Fsp3) is 0.417. The number of hydrogen-bond donors (Lipinski definition) is 0. The van der Waals surface area contributed by atoms with Crippen molar-refractivity contribution in [2.45, 2.75) is 13.2 Å². The highest BCUT2D eigenvalue weighted by molar-refractivity contribution is 5.47. The molecule has 0 spiro atoms. The highest BCUT2D eigenvalue weighted by Gasteiger charge is 2.10. The Balaban J connectivity index is 3.16. The van der Waals surface area contributed by atoms with E-state index in [9.17, 15) is 4.79 Å². The van der Waals surface area contributed by atoms with Crippen LogP contribution < -0.4 is 9.47 Å². The maximum Gasteiger partial charge on any atom is 0.235 e. The molecule has 0 fully saturated rings. The van der Waals surface area contributed by atoms with Crippen molar-refractivity contribution in [1.82, 2.24) is 0 Å². The van der Waals surface area contributed by atoms with Crippen LogP contribution in [0.1, 0.15) is 11.1 Å². The fourth-order valence-corrected chi connectivity index (χ4v) is 1.53. The van der Waals surface area contributed by atoms with Crippen molar-refractivity contribution in [3.05, 3.63) is 23.3 Å². The molecule has 0 saturated carbocycles. The Labute approximate surface area is 100 Å². The van der Waals surface area contributed by atoms with Gasteiger partial charge >= 0.3 is 0 Å². The topological polar surface area (TPSA) is 57.1 Å². The summed E-state index contributed by atoms with van der Waals surface area (Å²) in [6.07, 6.45) is 1.50. The van der Waals surface area contributed by atoms with E-state index in [0.29, 0.717) is 18.1 Å². The highest BCUT2D eigenvalue weighted by atomic mass is 16.5. The van der Waals surface area contributed by atoms with Gasteiger partial charge in [0.05, 0.1) is 27.4 Å². The van der Waals surface area contributed by atoms with Crippen molar-refractivity contribution in [3.63, 3.8) is 0 Å². The lowest BCUT2D eigenvalue weighted by Crippen LogP contribution is -1.99. The molecule has 0 unspecified atom stereocenters. The summed E-state index contributed by atoms with van der Waals surface area (Å²) in [5.74, 6) is 1.33. The van der Waals surface area contributed by atoms with Crippen molar-refractivity contribution < 1.29 is 19.0 Å². The van der Waals surface area contributed by atoms with Crippen molar-refractivity contribution in [2.24, 2.45) is 4.99 Å². The first-order valence-electron chi connectivity index (χ1n) is 5.03. The van der Waals surface area contributed by atoms with Crippen LogP contribution in [0.25, 0.3) is 0 Å². The number of carbonyl (C=O) groups excluding carboxylic acids is 1. The van der Waals surface area contributed by atoms with Gasteiger partial charge in [-0.1, -0.05) is 0 Å². The van der Waals surface area contributed by atoms with Crippen molar-refractivity contribution in [1.29, 1.82) is 0 Å². The number of hydrogen-bond acceptors (Lipinski definition) is 5. The van der Waals surface area contributed by atoms with E-state index in [4.69, 9.17) is 14.2 Å². The van der Waals surface area contributed by atoms with E-state index >= 15 is 0 Å². The smallest absolute Gasteiger partial charge is 0.235 e. The molecule has 92 valence electrons. The quantitative estimate of drug-likeness (QED) is 0.558. The zero-order valence-corrected chi connectivity index (χ0v) is 10.1. The molecule has 0 aliphatic carbocycles. The number of rotatable bonds is 6. The van der Waals surface area contributed by atoms with E-state index in [-0.39, 0.29) is 6.54 Å². The SMILES string of the molecule is COCc1cc(OC)c(CN=C=O)cc1OC. The molecule has 17 heavy (non-hydrogen) atoms. The van der Waals surface area contributed by atoms with Gasteiger partial charge in [0.1, 0.15) is 11.5 Å². The predicted molar refractivity (Wildman–Crippen MR) is 62.1 cm³/mol. The summed E-state index contributed by atoms with van der Waals surface area (Å²) in [5, 5.41) is 0. The molecular weight excluding hydrogens is 222 g/mol. The van der Waals surface area contributed by atoms with Crippen molar-refractivity contribution >= 4 is 6.08 Å². The zero-order valence-electron chi connectivity index (χ0n) is 10.1. The third kappa shape index (κ3) is 3.31. The molecule has 0 bridgehead atoms. The number of ether oxygens (including phenoxy) is 3. The van der Waals surface area contributed by atoms with Gasteiger partial charge in [-0.25, -0.2) is 9.79 Å². The second-order valence-corrected chi connectivity index (χ2v) is 3.32. The third-order valence-corrected chi connectivity index (χ3v) is 2.30. The fourth-order valence-electron chi connectivity index (χ4n) is 1.53. The lowest BCUT2D eigenvalue weighted by Gasteiger charge is -2.13. The Morgan fingerprint density at radius 2 is 1.71 bits per heavy atom. The monoisotopic (exact) mass is 237 g/mol. The number of nitrogens with zero attached hydrogens (tertiary/aromatic N) is 1. The summed E-state index contributed by atoms with van der Waals surface area (Å²) in [5.41, 5.74) is 1.65. The van der Waals surface area contributed by atoms with E-state index in [1.54, 1.807) is 27.4 Å². The molecule has 0 amide bonds. The Bertz CT molecular complexity index is 425. The molecule has 0 N–H and O–H groups in total. The van der Waals surface area contributed by atoms with Gasteiger partial charge in [-0.3, -0.25) is 0 Å². The van der Waals surface area contributed by atoms with E-state index < -0.39 is 0 Å². The molecule has 0 aromatic heterocycles. The Hall–Kier alpha value is -1.84. The van der Waals surface area contributed by atoms with Crippen molar-refractivity contribution in [2.75, 3.05) is 21.3 Å². The maximum atomic E-state index is 10.1. The predicted octanol–water partition coefficient (Wildman–Crippen LogP) is 1.69. The van der Waals surface area contributed by atoms with Gasteiger partial charge in [0.2, 0.25) is 6.08 Å². The Kier molecular flexibility index (Phi) is 5.20. The molecule has 5 heteroatoms. The van der Waals surface area contributed by atoms with Crippen LogP contribution in [0.5, 0.6) is 11.5 Å². The van der Waals surface area contributed by atoms with E-state index in [1.165, 1.54) is 6.08 Å². The minimum absolute atomic E-state index is 0.219. The molecule has 0 saturated heterocycles. The first-order valence-corrected chi connectivity index (χ1v) is 5.03. The summed E-state index contributed by atoms with van der Waals surface area (Å²) in [7, 11) is 4.75. The Morgan fingerprint density at radius 3 is 2.24 bits per heavy atom. The summed E-state index contributed by atoms with van der Waals surface area (Å²) in [4.78, 5) is 13.6. The summed E-state index contributed by atoms with van der Waals surface area (Å²) in [6, 6.07) is 3.60. The van der Waals surface area contributed by atoms with Crippen LogP contribution in [-0.2, 0) is 22.7 Å². The van der Waals surface area contributed by atoms with Crippen LogP contribution in [-0.4, -0.2) is 27.4 Å². The molecule has 0 aliphatic heterocycles. The van der Waals surface area contributed by atoms with Gasteiger partial charge < -0.3 is 14.2 Å². The van der Waals surface area contributed by atoms with E-state index in [0.717, 1.165) is 11.1 Å². The molecular formula is C12H15NO4. The van der Waals surface area contributed by atoms with Crippen LogP contribution in [0.4, 0.5) is 0 Å². The second-order valence-electron chi connectivity index (χ2n) is 3.32. The molecule has 1 aromatic rings. The standard InChI is InChI=1S/C12H15NO4/c1-15-7-10-5-11(16-2)9(6-13-8-14)4-12(10)17-3/h4-5H,6-7H2,1-3H3. The summed E-state index contributed by atoms with van der Waals surface area (Å²) < 4.78 is 15.5. The highest BCUT2D eigenvalue weighted by Crippen LogP contribution is 2.29. The minimum Gasteiger partial charge on any atom is -0.496 e. The van der Waals surface area contributed by atoms with Gasteiger partial charge in [-0.2, -0.15) is 0 Å². The van der Waals surface area contributed by atoms with Gasteiger partial charge in [0.25, 0.3) is 0 Å². The third-order valence-electron chi connectivity index (χ3n) is 2.30. The van der Waals surface area contributed by atoms with Crippen LogP contribution in [0.3, 0.4) is 0 Å². The number of isocyanates is 1. The molecule has 0 aliphatic rings. The largest absolute Gasteiger partial charge is 0.496 e. The first-order chi connectivity index (χ1) is 8.26. The minimum atomic E-state index is 0.219. The average molecular weight is 237 g/mol. The molecule has 1 rings (SSSR count). The molecule has 1 aromatic carbocycles. The molecule has 0 atom stereocenters. The van der Waals surface area contributed by atoms with Crippen LogP contribution in [0, 0.1) is 0 Å². The lowest BCUT2D eigenvalue weighted by molar-refractivity contribution is 0.181. The Morgan fingerprint density at radius 1 is 1.12 bits per heavy atom. The van der Waals surface area contributed by atoms with Crippen LogP contribution >= 0.6 is 0 Å². The van der Waals surface area contributed by atoms with Crippen molar-refractivity contribution in [3.8, 4) is 11.5 Å². The van der Waals surface area contributed by atoms with Gasteiger partial charge in [0.15, 0.2) is 0 Å². The van der Waals surface area contributed by atoms with Crippen LogP contribution in [0.2, 0.25) is 0 Å². The van der Waals surface area contributed by atoms with Gasteiger partial charge in [-0.05, 0) is 12.1 Å². The zero-order chi connectivity index (χ0) is 12.7. The molecule has 0 heterocycles. The van der Waals surface area contributed by atoms with Gasteiger partial charge in [0, 0.05) is 18.2 Å². The summed E-state index contributed by atoms with van der Waals surface area (Å²) in [6.45, 7) is 0.646. The number of benzene rings is 1. The normalized spacial score (nSPS) is 9.59. The average Bonchev–Trinajstić information content (AvgIpc) is 2.36. The lowest BCUT2D eigenvalue weighted by atomic mass is 10.1. The summed E-state index contributed by atoms with van der Waals surface area (Å²) >= 11 is 0.